The third-order valence-electron chi connectivity index (χ3n) is 9.70. The van der Waals surface area contributed by atoms with Crippen molar-refractivity contribution < 1.29 is 39.0 Å². The molecule has 2 aliphatic rings. The van der Waals surface area contributed by atoms with Gasteiger partial charge in [-0.25, -0.2) is 4.79 Å². The van der Waals surface area contributed by atoms with Gasteiger partial charge in [0.15, 0.2) is 0 Å². The zero-order chi connectivity index (χ0) is 32.6. The SMILES string of the molecule is CCCCC(CC)CN1C(=O)c2ccc3c4ccc5c6c(ccc(c7ccc(c2c37)C1=O)c64)C(=O)N(C(CC(=O)O)C(=O)O)C5=O. The van der Waals surface area contributed by atoms with Crippen LogP contribution in [0, 0.1) is 5.92 Å². The average Bonchev–Trinajstić information content (AvgIpc) is 3.04. The second kappa shape index (κ2) is 10.6. The van der Waals surface area contributed by atoms with Crippen molar-refractivity contribution in [2.45, 2.75) is 52.0 Å². The van der Waals surface area contributed by atoms with Crippen LogP contribution in [0.25, 0.3) is 43.1 Å². The third-order valence-corrected chi connectivity index (χ3v) is 9.70. The molecule has 5 aromatic carbocycles. The minimum atomic E-state index is -1.88. The number of hydrogen-bond acceptors (Lipinski definition) is 6. The van der Waals surface area contributed by atoms with Crippen molar-refractivity contribution in [3.8, 4) is 0 Å². The number of benzene rings is 5. The molecule has 0 aliphatic carbocycles. The van der Waals surface area contributed by atoms with E-state index in [1.165, 1.54) is 17.0 Å². The van der Waals surface area contributed by atoms with Crippen molar-refractivity contribution in [2.24, 2.45) is 5.92 Å². The molecule has 0 bridgehead atoms. The van der Waals surface area contributed by atoms with E-state index in [0.29, 0.717) is 49.5 Å². The van der Waals surface area contributed by atoms with Crippen molar-refractivity contribution in [3.63, 3.8) is 0 Å². The van der Waals surface area contributed by atoms with E-state index >= 15 is 0 Å². The van der Waals surface area contributed by atoms with Gasteiger partial charge >= 0.3 is 11.9 Å². The lowest BCUT2D eigenvalue weighted by atomic mass is 9.82. The Kier molecular flexibility index (Phi) is 6.77. The number of amides is 4. The first-order valence-electron chi connectivity index (χ1n) is 15.5. The molecule has 2 atom stereocenters. The van der Waals surface area contributed by atoms with Crippen LogP contribution in [0.1, 0.15) is 87.4 Å². The van der Waals surface area contributed by atoms with Crippen LogP contribution < -0.4 is 0 Å². The smallest absolute Gasteiger partial charge is 0.327 e. The predicted octanol–water partition coefficient (Wildman–Crippen LogP) is 6.07. The van der Waals surface area contributed by atoms with E-state index in [0.717, 1.165) is 41.8 Å². The van der Waals surface area contributed by atoms with Crippen molar-refractivity contribution in [1.29, 1.82) is 0 Å². The highest BCUT2D eigenvalue weighted by Crippen LogP contribution is 2.46. The third kappa shape index (κ3) is 4.02. The van der Waals surface area contributed by atoms with Gasteiger partial charge in [-0.1, -0.05) is 57.4 Å². The lowest BCUT2D eigenvalue weighted by Crippen LogP contribution is -2.51. The van der Waals surface area contributed by atoms with Crippen molar-refractivity contribution >= 4 is 78.7 Å². The topological polar surface area (TPSA) is 149 Å². The summed E-state index contributed by atoms with van der Waals surface area (Å²) in [5.74, 6) is -5.25. The van der Waals surface area contributed by atoms with E-state index in [-0.39, 0.29) is 28.9 Å². The Bertz CT molecular complexity index is 2080. The molecular weight excluding hydrogens is 588 g/mol. The number of fused-ring (bicyclic) bond motifs is 2. The van der Waals surface area contributed by atoms with Gasteiger partial charge in [-0.2, -0.15) is 0 Å². The summed E-state index contributed by atoms with van der Waals surface area (Å²) >= 11 is 0. The summed E-state index contributed by atoms with van der Waals surface area (Å²) in [6.45, 7) is 4.56. The quantitative estimate of drug-likeness (QED) is 0.109. The van der Waals surface area contributed by atoms with Gasteiger partial charge in [-0.3, -0.25) is 33.8 Å². The molecule has 0 fully saturated rings. The molecule has 232 valence electrons. The van der Waals surface area contributed by atoms with Crippen LogP contribution in [-0.4, -0.2) is 68.2 Å². The van der Waals surface area contributed by atoms with Gasteiger partial charge in [-0.15, -0.1) is 0 Å². The van der Waals surface area contributed by atoms with Gasteiger partial charge in [0.25, 0.3) is 23.6 Å². The summed E-state index contributed by atoms with van der Waals surface area (Å²) in [6, 6.07) is 11.7. The van der Waals surface area contributed by atoms with E-state index in [4.69, 9.17) is 0 Å². The number of carboxylic acid groups (broad SMARTS) is 2. The number of unbranched alkanes of at least 4 members (excludes halogenated alkanes) is 1. The highest BCUT2D eigenvalue weighted by atomic mass is 16.4. The molecule has 2 heterocycles. The van der Waals surface area contributed by atoms with Crippen LogP contribution in [0.3, 0.4) is 0 Å². The minimum absolute atomic E-state index is 0.0930. The van der Waals surface area contributed by atoms with Gasteiger partial charge in [0.05, 0.1) is 6.42 Å². The fourth-order valence-electron chi connectivity index (χ4n) is 7.42. The van der Waals surface area contributed by atoms with E-state index in [2.05, 4.69) is 13.8 Å². The Balaban J connectivity index is 1.43. The number of imide groups is 2. The fourth-order valence-corrected chi connectivity index (χ4v) is 7.42. The maximum atomic E-state index is 13.9. The predicted molar refractivity (Wildman–Crippen MR) is 171 cm³/mol. The standard InChI is InChI=1S/C36H30N2O8/c1-3-5-6-17(4-2)16-37-32(41)22-11-7-18-20-9-13-24-31-25(35(44)38(34(24)43)26(36(45)46)15-27(39)40)14-10-21(29(20)31)19-8-12-23(33(37)42)30(22)28(18)19/h7-14,17,26H,3-6,15-16H2,1-2H3,(H,39,40)(H,45,46). The van der Waals surface area contributed by atoms with E-state index < -0.39 is 36.2 Å². The van der Waals surface area contributed by atoms with Crippen LogP contribution in [-0.2, 0) is 9.59 Å². The highest BCUT2D eigenvalue weighted by molar-refractivity contribution is 6.41. The summed E-state index contributed by atoms with van der Waals surface area (Å²) in [4.78, 5) is 80.4. The molecule has 5 aromatic rings. The maximum absolute atomic E-state index is 13.9. The van der Waals surface area contributed by atoms with Gasteiger partial charge in [-0.05, 0) is 68.9 Å². The molecule has 2 unspecified atom stereocenters. The lowest BCUT2D eigenvalue weighted by Gasteiger charge is -2.32. The first-order valence-corrected chi connectivity index (χ1v) is 15.5. The highest BCUT2D eigenvalue weighted by Gasteiger charge is 2.42. The molecule has 10 nitrogen and oxygen atoms in total. The van der Waals surface area contributed by atoms with Crippen LogP contribution >= 0.6 is 0 Å². The number of carboxylic acids is 2. The largest absolute Gasteiger partial charge is 0.481 e. The number of nitrogens with zero attached hydrogens (tertiary/aromatic N) is 2. The second-order valence-corrected chi connectivity index (χ2v) is 12.2. The number of aliphatic carboxylic acids is 2. The summed E-state index contributed by atoms with van der Waals surface area (Å²) in [5, 5.41) is 24.2. The van der Waals surface area contributed by atoms with E-state index in [1.807, 2.05) is 12.1 Å². The number of carbonyl (C=O) groups is 6. The molecule has 0 saturated carbocycles. The zero-order valence-electron chi connectivity index (χ0n) is 25.3. The summed E-state index contributed by atoms with van der Waals surface area (Å²) in [7, 11) is 0. The monoisotopic (exact) mass is 618 g/mol. The molecule has 10 heteroatoms. The number of rotatable bonds is 10. The molecule has 0 saturated heterocycles. The average molecular weight is 619 g/mol. The van der Waals surface area contributed by atoms with Gasteiger partial charge in [0.1, 0.15) is 6.04 Å². The van der Waals surface area contributed by atoms with Crippen LogP contribution in [0.2, 0.25) is 0 Å². The summed E-state index contributed by atoms with van der Waals surface area (Å²) in [6.07, 6.45) is 2.93. The summed E-state index contributed by atoms with van der Waals surface area (Å²) in [5.41, 5.74) is 1.09. The van der Waals surface area contributed by atoms with Crippen LogP contribution in [0.4, 0.5) is 0 Å². The minimum Gasteiger partial charge on any atom is -0.481 e. The molecule has 2 aliphatic heterocycles. The Morgan fingerprint density at radius 1 is 0.652 bits per heavy atom. The maximum Gasteiger partial charge on any atom is 0.327 e. The van der Waals surface area contributed by atoms with E-state index in [1.54, 1.807) is 24.3 Å². The van der Waals surface area contributed by atoms with E-state index in [9.17, 15) is 39.0 Å². The first kappa shape index (κ1) is 29.3. The number of hydrogen-bond donors (Lipinski definition) is 2. The van der Waals surface area contributed by atoms with Crippen molar-refractivity contribution in [3.05, 3.63) is 70.8 Å². The Hall–Kier alpha value is -5.38. The van der Waals surface area contributed by atoms with Crippen LogP contribution in [0.15, 0.2) is 48.5 Å². The molecule has 46 heavy (non-hydrogen) atoms. The molecule has 2 N–H and O–H groups in total. The normalized spacial score (nSPS) is 16.0. The molecule has 7 rings (SSSR count). The zero-order valence-corrected chi connectivity index (χ0v) is 25.3. The summed E-state index contributed by atoms with van der Waals surface area (Å²) < 4.78 is 0. The van der Waals surface area contributed by atoms with Gasteiger partial charge in [0.2, 0.25) is 0 Å². The fraction of sp³-hybridized carbons (Fsp3) is 0.278. The molecule has 4 amide bonds. The second-order valence-electron chi connectivity index (χ2n) is 12.2. The molecule has 0 spiro atoms. The Morgan fingerprint density at radius 2 is 1.09 bits per heavy atom. The van der Waals surface area contributed by atoms with Gasteiger partial charge < -0.3 is 10.2 Å². The van der Waals surface area contributed by atoms with Crippen molar-refractivity contribution in [2.75, 3.05) is 6.54 Å². The Labute approximate surface area is 262 Å². The van der Waals surface area contributed by atoms with Crippen LogP contribution in [0.5, 0.6) is 0 Å². The first-order chi connectivity index (χ1) is 22.1. The van der Waals surface area contributed by atoms with Crippen molar-refractivity contribution in [1.82, 2.24) is 9.80 Å². The molecular formula is C36H30N2O8. The molecule has 0 aromatic heterocycles. The van der Waals surface area contributed by atoms with Gasteiger partial charge in [0, 0.05) is 39.6 Å². The lowest BCUT2D eigenvalue weighted by molar-refractivity contribution is -0.148. The number of carbonyl (C=O) groups excluding carboxylic acids is 4. The molecule has 0 radical (unpaired) electrons. The Morgan fingerprint density at radius 3 is 1.46 bits per heavy atom.